The first-order valence-electron chi connectivity index (χ1n) is 6.09. The maximum Gasteiger partial charge on any atom is 0.239 e. The lowest BCUT2D eigenvalue weighted by molar-refractivity contribution is -0.118. The highest BCUT2D eigenvalue weighted by molar-refractivity contribution is 5.83. The second-order valence-electron chi connectivity index (χ2n) is 4.45. The highest BCUT2D eigenvalue weighted by Crippen LogP contribution is 2.28. The molecule has 3 nitrogen and oxygen atoms in total. The van der Waals surface area contributed by atoms with E-state index in [0.29, 0.717) is 11.3 Å². The van der Waals surface area contributed by atoms with Gasteiger partial charge in [0.2, 0.25) is 5.91 Å². The molecule has 1 atom stereocenters. The molecule has 20 heavy (non-hydrogen) atoms. The Kier molecular flexibility index (Phi) is 3.98. The van der Waals surface area contributed by atoms with Crippen LogP contribution in [0.2, 0.25) is 0 Å². The summed E-state index contributed by atoms with van der Waals surface area (Å²) in [7, 11) is 0. The molecule has 0 aliphatic carbocycles. The van der Waals surface area contributed by atoms with Gasteiger partial charge in [0.05, 0.1) is 5.56 Å². The third kappa shape index (κ3) is 2.93. The Bertz CT molecular complexity index is 623. The normalized spacial score (nSPS) is 11.9. The molecule has 0 aliphatic heterocycles. The zero-order valence-electron chi connectivity index (χ0n) is 10.9. The zero-order valence-corrected chi connectivity index (χ0v) is 10.9. The van der Waals surface area contributed by atoms with E-state index in [9.17, 15) is 13.6 Å². The minimum Gasteiger partial charge on any atom is -0.374 e. The van der Waals surface area contributed by atoms with Crippen molar-refractivity contribution in [3.8, 4) is 11.1 Å². The van der Waals surface area contributed by atoms with Gasteiger partial charge in [-0.25, -0.2) is 8.78 Å². The largest absolute Gasteiger partial charge is 0.374 e. The van der Waals surface area contributed by atoms with Gasteiger partial charge in [0.25, 0.3) is 0 Å². The predicted octanol–water partition coefficient (Wildman–Crippen LogP) is 2.92. The summed E-state index contributed by atoms with van der Waals surface area (Å²) in [5.41, 5.74) is 6.02. The molecule has 2 aromatic rings. The van der Waals surface area contributed by atoms with Crippen molar-refractivity contribution in [2.45, 2.75) is 13.0 Å². The molecule has 3 N–H and O–H groups in total. The Morgan fingerprint density at radius 2 is 1.75 bits per heavy atom. The van der Waals surface area contributed by atoms with E-state index in [1.165, 1.54) is 18.2 Å². The van der Waals surface area contributed by atoms with Crippen molar-refractivity contribution < 1.29 is 13.6 Å². The molecule has 0 spiro atoms. The van der Waals surface area contributed by atoms with Crippen LogP contribution in [0.1, 0.15) is 6.92 Å². The molecule has 0 saturated heterocycles. The standard InChI is InChI=1S/C15H14F2N2O/c1-9(15(18)20)19-11-5-2-4-10(8-11)14-12(16)6-3-7-13(14)17/h2-9,19H,1H3,(H2,18,20)/t9-/m0/s1. The van der Waals surface area contributed by atoms with Gasteiger partial charge < -0.3 is 11.1 Å². The van der Waals surface area contributed by atoms with Gasteiger partial charge in [-0.05, 0) is 36.8 Å². The Balaban J connectivity index is 2.37. The molecule has 0 radical (unpaired) electrons. The molecule has 2 rings (SSSR count). The summed E-state index contributed by atoms with van der Waals surface area (Å²) in [6, 6.07) is 9.65. The number of nitrogens with one attached hydrogen (secondary N) is 1. The summed E-state index contributed by atoms with van der Waals surface area (Å²) in [6.07, 6.45) is 0. The molecule has 5 heteroatoms. The summed E-state index contributed by atoms with van der Waals surface area (Å²) in [5, 5.41) is 2.87. The van der Waals surface area contributed by atoms with E-state index < -0.39 is 23.6 Å². The zero-order chi connectivity index (χ0) is 14.7. The molecule has 0 bridgehead atoms. The van der Waals surface area contributed by atoms with Crippen molar-refractivity contribution in [3.05, 3.63) is 54.1 Å². The fourth-order valence-corrected chi connectivity index (χ4v) is 1.86. The first kappa shape index (κ1) is 14.0. The van der Waals surface area contributed by atoms with Crippen molar-refractivity contribution in [2.24, 2.45) is 5.73 Å². The Hall–Kier alpha value is -2.43. The number of benzene rings is 2. The van der Waals surface area contributed by atoms with Crippen LogP contribution < -0.4 is 11.1 Å². The van der Waals surface area contributed by atoms with Gasteiger partial charge in [-0.3, -0.25) is 4.79 Å². The summed E-state index contributed by atoms with van der Waals surface area (Å²) < 4.78 is 27.4. The van der Waals surface area contributed by atoms with Crippen LogP contribution in [0.5, 0.6) is 0 Å². The maximum absolute atomic E-state index is 13.7. The summed E-state index contributed by atoms with van der Waals surface area (Å²) >= 11 is 0. The predicted molar refractivity (Wildman–Crippen MR) is 74.1 cm³/mol. The van der Waals surface area contributed by atoms with Gasteiger partial charge in [-0.1, -0.05) is 18.2 Å². The van der Waals surface area contributed by atoms with E-state index in [0.717, 1.165) is 0 Å². The number of hydrogen-bond acceptors (Lipinski definition) is 2. The van der Waals surface area contributed by atoms with Crippen molar-refractivity contribution in [1.29, 1.82) is 0 Å². The van der Waals surface area contributed by atoms with E-state index in [1.807, 2.05) is 0 Å². The van der Waals surface area contributed by atoms with Gasteiger partial charge in [-0.15, -0.1) is 0 Å². The first-order chi connectivity index (χ1) is 9.49. The van der Waals surface area contributed by atoms with Crippen LogP contribution in [0.4, 0.5) is 14.5 Å². The number of hydrogen-bond donors (Lipinski definition) is 2. The summed E-state index contributed by atoms with van der Waals surface area (Å²) in [5.74, 6) is -1.78. The molecule has 0 saturated carbocycles. The number of carbonyl (C=O) groups is 1. The average Bonchev–Trinajstić information content (AvgIpc) is 2.38. The van der Waals surface area contributed by atoms with Crippen LogP contribution in [0, 0.1) is 11.6 Å². The Labute approximate surface area is 115 Å². The van der Waals surface area contributed by atoms with Crippen LogP contribution in [0.25, 0.3) is 11.1 Å². The smallest absolute Gasteiger partial charge is 0.239 e. The molecule has 1 amide bonds. The molecular weight excluding hydrogens is 262 g/mol. The van der Waals surface area contributed by atoms with Crippen LogP contribution in [0.3, 0.4) is 0 Å². The lowest BCUT2D eigenvalue weighted by Crippen LogP contribution is -2.32. The van der Waals surface area contributed by atoms with Crippen LogP contribution in [0.15, 0.2) is 42.5 Å². The topological polar surface area (TPSA) is 55.1 Å². The second-order valence-corrected chi connectivity index (χ2v) is 4.45. The van der Waals surface area contributed by atoms with E-state index >= 15 is 0 Å². The number of halogens is 2. The van der Waals surface area contributed by atoms with Gasteiger partial charge in [0.15, 0.2) is 0 Å². The van der Waals surface area contributed by atoms with Gasteiger partial charge in [0.1, 0.15) is 17.7 Å². The van der Waals surface area contributed by atoms with Gasteiger partial charge in [0, 0.05) is 5.69 Å². The number of carbonyl (C=O) groups excluding carboxylic acids is 1. The molecule has 0 aliphatic rings. The number of amides is 1. The highest BCUT2D eigenvalue weighted by Gasteiger charge is 2.12. The molecule has 0 aromatic heterocycles. The number of anilines is 1. The molecule has 104 valence electrons. The van der Waals surface area contributed by atoms with Crippen LogP contribution in [-0.4, -0.2) is 11.9 Å². The monoisotopic (exact) mass is 276 g/mol. The third-order valence-corrected chi connectivity index (χ3v) is 2.92. The molecule has 2 aromatic carbocycles. The highest BCUT2D eigenvalue weighted by atomic mass is 19.1. The molecule has 0 heterocycles. The minimum absolute atomic E-state index is 0.0946. The second kappa shape index (κ2) is 5.69. The van der Waals surface area contributed by atoms with Gasteiger partial charge >= 0.3 is 0 Å². The van der Waals surface area contributed by atoms with E-state index in [2.05, 4.69) is 5.32 Å². The van der Waals surface area contributed by atoms with E-state index in [-0.39, 0.29) is 5.56 Å². The van der Waals surface area contributed by atoms with Crippen molar-refractivity contribution in [2.75, 3.05) is 5.32 Å². The first-order valence-corrected chi connectivity index (χ1v) is 6.09. The summed E-state index contributed by atoms with van der Waals surface area (Å²) in [4.78, 5) is 11.0. The SMILES string of the molecule is C[C@H](Nc1cccc(-c2c(F)cccc2F)c1)C(N)=O. The number of rotatable bonds is 4. The number of nitrogens with two attached hydrogens (primary N) is 1. The van der Waals surface area contributed by atoms with Crippen LogP contribution in [-0.2, 0) is 4.79 Å². The Morgan fingerprint density at radius 1 is 1.15 bits per heavy atom. The fraction of sp³-hybridized carbons (Fsp3) is 0.133. The average molecular weight is 276 g/mol. The number of primary amides is 1. The van der Waals surface area contributed by atoms with Crippen molar-refractivity contribution >= 4 is 11.6 Å². The third-order valence-electron chi connectivity index (χ3n) is 2.92. The van der Waals surface area contributed by atoms with Crippen molar-refractivity contribution in [1.82, 2.24) is 0 Å². The lowest BCUT2D eigenvalue weighted by Gasteiger charge is -2.13. The van der Waals surface area contributed by atoms with Crippen LogP contribution >= 0.6 is 0 Å². The Morgan fingerprint density at radius 3 is 2.35 bits per heavy atom. The molecular formula is C15H14F2N2O. The quantitative estimate of drug-likeness (QED) is 0.902. The fourth-order valence-electron chi connectivity index (χ4n) is 1.86. The van der Waals surface area contributed by atoms with E-state index in [1.54, 1.807) is 31.2 Å². The maximum atomic E-state index is 13.7. The summed E-state index contributed by atoms with van der Waals surface area (Å²) in [6.45, 7) is 1.61. The molecule has 0 unspecified atom stereocenters. The van der Waals surface area contributed by atoms with Gasteiger partial charge in [-0.2, -0.15) is 0 Å². The van der Waals surface area contributed by atoms with Crippen molar-refractivity contribution in [3.63, 3.8) is 0 Å². The molecule has 0 fully saturated rings. The minimum atomic E-state index is -0.634. The lowest BCUT2D eigenvalue weighted by atomic mass is 10.0. The van der Waals surface area contributed by atoms with E-state index in [4.69, 9.17) is 5.73 Å².